The lowest BCUT2D eigenvalue weighted by Gasteiger charge is -2.20. The van der Waals surface area contributed by atoms with Crippen LogP contribution in [0.2, 0.25) is 0 Å². The van der Waals surface area contributed by atoms with Crippen LogP contribution in [0, 0.1) is 0 Å². The van der Waals surface area contributed by atoms with E-state index in [0.717, 1.165) is 5.56 Å². The fourth-order valence-electron chi connectivity index (χ4n) is 1.76. The van der Waals surface area contributed by atoms with E-state index in [4.69, 9.17) is 14.2 Å². The normalized spacial score (nSPS) is 13.4. The van der Waals surface area contributed by atoms with Crippen molar-refractivity contribution in [2.45, 2.75) is 32.9 Å². The van der Waals surface area contributed by atoms with Crippen molar-refractivity contribution >= 4 is 5.97 Å². The number of nitrogens with one attached hydrogen (secondary N) is 1. The van der Waals surface area contributed by atoms with Crippen LogP contribution in [0.1, 0.15) is 32.4 Å². The standard InChI is InChI=1S/C15H23NO4/c1-6-19-15(17)11(3)20-14-9-12(18-5)7-8-13(14)10(2)16-4/h7-11,16H,6H2,1-5H3. The first kappa shape index (κ1) is 16.3. The summed E-state index contributed by atoms with van der Waals surface area (Å²) in [7, 11) is 3.46. The summed E-state index contributed by atoms with van der Waals surface area (Å²) in [6, 6.07) is 5.67. The van der Waals surface area contributed by atoms with Gasteiger partial charge in [-0.25, -0.2) is 4.79 Å². The molecule has 1 aromatic carbocycles. The van der Waals surface area contributed by atoms with E-state index in [2.05, 4.69) is 5.32 Å². The molecule has 0 bridgehead atoms. The minimum absolute atomic E-state index is 0.102. The number of hydrogen-bond donors (Lipinski definition) is 1. The smallest absolute Gasteiger partial charge is 0.347 e. The molecule has 112 valence electrons. The van der Waals surface area contributed by atoms with Gasteiger partial charge in [-0.1, -0.05) is 6.07 Å². The average molecular weight is 281 g/mol. The van der Waals surface area contributed by atoms with Crippen LogP contribution in [0.5, 0.6) is 11.5 Å². The average Bonchev–Trinajstić information content (AvgIpc) is 2.46. The molecule has 0 saturated carbocycles. The zero-order valence-electron chi connectivity index (χ0n) is 12.7. The molecule has 2 unspecified atom stereocenters. The highest BCUT2D eigenvalue weighted by Gasteiger charge is 2.19. The Morgan fingerprint density at radius 2 is 2.05 bits per heavy atom. The monoisotopic (exact) mass is 281 g/mol. The highest BCUT2D eigenvalue weighted by molar-refractivity contribution is 5.74. The summed E-state index contributed by atoms with van der Waals surface area (Å²) < 4.78 is 15.9. The molecule has 1 N–H and O–H groups in total. The van der Waals surface area contributed by atoms with E-state index in [1.165, 1.54) is 0 Å². The molecule has 0 aliphatic rings. The Kier molecular flexibility index (Phi) is 6.31. The summed E-state index contributed by atoms with van der Waals surface area (Å²) in [5.74, 6) is 0.924. The molecule has 0 amide bonds. The van der Waals surface area contributed by atoms with Crippen molar-refractivity contribution < 1.29 is 19.0 Å². The van der Waals surface area contributed by atoms with Crippen LogP contribution in [-0.2, 0) is 9.53 Å². The van der Waals surface area contributed by atoms with Crippen LogP contribution in [-0.4, -0.2) is 32.8 Å². The molecule has 0 aromatic heterocycles. The molecule has 1 aromatic rings. The van der Waals surface area contributed by atoms with Crippen molar-refractivity contribution in [2.24, 2.45) is 0 Å². The topological polar surface area (TPSA) is 56.8 Å². The zero-order chi connectivity index (χ0) is 15.1. The maximum absolute atomic E-state index is 11.7. The predicted molar refractivity (Wildman–Crippen MR) is 77.2 cm³/mol. The van der Waals surface area contributed by atoms with E-state index >= 15 is 0 Å². The first-order valence-corrected chi connectivity index (χ1v) is 6.71. The van der Waals surface area contributed by atoms with Crippen LogP contribution in [0.25, 0.3) is 0 Å². The van der Waals surface area contributed by atoms with Crippen molar-refractivity contribution in [1.29, 1.82) is 0 Å². The molecular weight excluding hydrogens is 258 g/mol. The van der Waals surface area contributed by atoms with Gasteiger partial charge in [0.1, 0.15) is 11.5 Å². The van der Waals surface area contributed by atoms with Gasteiger partial charge in [0, 0.05) is 17.7 Å². The number of benzene rings is 1. The lowest BCUT2D eigenvalue weighted by molar-refractivity contribution is -0.150. The Morgan fingerprint density at radius 3 is 2.60 bits per heavy atom. The molecule has 0 heterocycles. The molecule has 0 aliphatic carbocycles. The van der Waals surface area contributed by atoms with Crippen LogP contribution < -0.4 is 14.8 Å². The van der Waals surface area contributed by atoms with Gasteiger partial charge in [-0.3, -0.25) is 0 Å². The Hall–Kier alpha value is -1.75. The SMILES string of the molecule is CCOC(=O)C(C)Oc1cc(OC)ccc1C(C)NC. The highest BCUT2D eigenvalue weighted by atomic mass is 16.6. The first-order valence-electron chi connectivity index (χ1n) is 6.71. The van der Waals surface area contributed by atoms with E-state index in [1.807, 2.05) is 26.1 Å². The van der Waals surface area contributed by atoms with Gasteiger partial charge in [0.05, 0.1) is 13.7 Å². The molecule has 0 saturated heterocycles. The largest absolute Gasteiger partial charge is 0.497 e. The molecule has 5 heteroatoms. The van der Waals surface area contributed by atoms with Crippen molar-refractivity contribution in [2.75, 3.05) is 20.8 Å². The Balaban J connectivity index is 2.98. The Bertz CT molecular complexity index is 447. The Morgan fingerprint density at radius 1 is 1.35 bits per heavy atom. The number of methoxy groups -OCH3 is 1. The van der Waals surface area contributed by atoms with Gasteiger partial charge in [0.15, 0.2) is 6.10 Å². The third kappa shape index (κ3) is 4.13. The summed E-state index contributed by atoms with van der Waals surface area (Å²) in [4.78, 5) is 11.7. The molecule has 20 heavy (non-hydrogen) atoms. The van der Waals surface area contributed by atoms with Crippen LogP contribution in [0.3, 0.4) is 0 Å². The van der Waals surface area contributed by atoms with Crippen molar-refractivity contribution in [3.05, 3.63) is 23.8 Å². The quantitative estimate of drug-likeness (QED) is 0.777. The van der Waals surface area contributed by atoms with E-state index in [9.17, 15) is 4.79 Å². The van der Waals surface area contributed by atoms with Crippen LogP contribution in [0.4, 0.5) is 0 Å². The van der Waals surface area contributed by atoms with Crippen LogP contribution >= 0.6 is 0 Å². The molecule has 0 spiro atoms. The summed E-state index contributed by atoms with van der Waals surface area (Å²) >= 11 is 0. The van der Waals surface area contributed by atoms with Gasteiger partial charge in [-0.15, -0.1) is 0 Å². The van der Waals surface area contributed by atoms with Crippen molar-refractivity contribution in [3.8, 4) is 11.5 Å². The summed E-state index contributed by atoms with van der Waals surface area (Å²) in [5, 5.41) is 3.15. The van der Waals surface area contributed by atoms with Gasteiger partial charge in [0.25, 0.3) is 0 Å². The number of carbonyl (C=O) groups is 1. The third-order valence-corrected chi connectivity index (χ3v) is 3.04. The number of ether oxygens (including phenoxy) is 3. The van der Waals surface area contributed by atoms with Gasteiger partial charge in [0.2, 0.25) is 0 Å². The zero-order valence-corrected chi connectivity index (χ0v) is 12.7. The maximum Gasteiger partial charge on any atom is 0.347 e. The number of hydrogen-bond acceptors (Lipinski definition) is 5. The van der Waals surface area contributed by atoms with Crippen LogP contribution in [0.15, 0.2) is 18.2 Å². The summed E-state index contributed by atoms with van der Waals surface area (Å²) in [5.41, 5.74) is 0.962. The molecule has 5 nitrogen and oxygen atoms in total. The summed E-state index contributed by atoms with van der Waals surface area (Å²) in [6.07, 6.45) is -0.662. The third-order valence-electron chi connectivity index (χ3n) is 3.04. The molecular formula is C15H23NO4. The summed E-state index contributed by atoms with van der Waals surface area (Å²) in [6.45, 7) is 5.80. The molecule has 1 rings (SSSR count). The molecule has 0 aliphatic heterocycles. The molecule has 0 radical (unpaired) electrons. The van der Waals surface area contributed by atoms with E-state index < -0.39 is 6.10 Å². The lowest BCUT2D eigenvalue weighted by atomic mass is 10.1. The van der Waals surface area contributed by atoms with E-state index in [1.54, 1.807) is 27.0 Å². The Labute approximate surface area is 120 Å². The van der Waals surface area contributed by atoms with E-state index in [0.29, 0.717) is 18.1 Å². The number of carbonyl (C=O) groups excluding carboxylic acids is 1. The molecule has 0 fully saturated rings. The fourth-order valence-corrected chi connectivity index (χ4v) is 1.76. The van der Waals surface area contributed by atoms with Crippen molar-refractivity contribution in [1.82, 2.24) is 5.32 Å². The maximum atomic E-state index is 11.7. The van der Waals surface area contributed by atoms with Gasteiger partial charge in [-0.2, -0.15) is 0 Å². The second-order valence-electron chi connectivity index (χ2n) is 4.43. The second kappa shape index (κ2) is 7.75. The van der Waals surface area contributed by atoms with Gasteiger partial charge >= 0.3 is 5.97 Å². The number of esters is 1. The second-order valence-corrected chi connectivity index (χ2v) is 4.43. The first-order chi connectivity index (χ1) is 9.53. The lowest BCUT2D eigenvalue weighted by Crippen LogP contribution is -2.27. The van der Waals surface area contributed by atoms with Gasteiger partial charge in [-0.05, 0) is 33.9 Å². The minimum atomic E-state index is -0.662. The van der Waals surface area contributed by atoms with E-state index in [-0.39, 0.29) is 12.0 Å². The number of rotatable bonds is 7. The fraction of sp³-hybridized carbons (Fsp3) is 0.533. The van der Waals surface area contributed by atoms with Crippen molar-refractivity contribution in [3.63, 3.8) is 0 Å². The predicted octanol–water partition coefficient (Wildman–Crippen LogP) is 2.31. The minimum Gasteiger partial charge on any atom is -0.497 e. The van der Waals surface area contributed by atoms with Gasteiger partial charge < -0.3 is 19.5 Å². The molecule has 2 atom stereocenters. The highest BCUT2D eigenvalue weighted by Crippen LogP contribution is 2.30.